The van der Waals surface area contributed by atoms with Crippen molar-refractivity contribution < 1.29 is 4.79 Å². The van der Waals surface area contributed by atoms with Crippen molar-refractivity contribution in [3.8, 4) is 0 Å². The lowest BCUT2D eigenvalue weighted by molar-refractivity contribution is -0.115. The fourth-order valence-corrected chi connectivity index (χ4v) is 2.84. The first-order valence-corrected chi connectivity index (χ1v) is 7.39. The molecule has 0 saturated heterocycles. The maximum Gasteiger partial charge on any atom is 0.230 e. The SMILES string of the molecule is CCc1nc(NC(=O)Cc2ccc(S)cc2)sc1C. The number of nitrogens with one attached hydrogen (secondary N) is 1. The molecule has 2 rings (SSSR count). The van der Waals surface area contributed by atoms with Crippen molar-refractivity contribution in [3.05, 3.63) is 40.4 Å². The lowest BCUT2D eigenvalue weighted by Gasteiger charge is -2.02. The Morgan fingerprint density at radius 1 is 1.37 bits per heavy atom. The van der Waals surface area contributed by atoms with Gasteiger partial charge >= 0.3 is 0 Å². The molecule has 0 radical (unpaired) electrons. The molecule has 100 valence electrons. The van der Waals surface area contributed by atoms with Gasteiger partial charge in [0.15, 0.2) is 5.13 Å². The first-order chi connectivity index (χ1) is 9.08. The summed E-state index contributed by atoms with van der Waals surface area (Å²) in [6.45, 7) is 4.09. The number of thiol groups is 1. The summed E-state index contributed by atoms with van der Waals surface area (Å²) in [4.78, 5) is 18.4. The number of amides is 1. The van der Waals surface area contributed by atoms with E-state index in [9.17, 15) is 4.79 Å². The standard InChI is InChI=1S/C14H16N2OS2/c1-3-12-9(2)19-14(15-12)16-13(17)8-10-4-6-11(18)7-5-10/h4-7,18H,3,8H2,1-2H3,(H,15,16,17). The molecule has 5 heteroatoms. The zero-order valence-electron chi connectivity index (χ0n) is 10.9. The molecule has 0 saturated carbocycles. The molecule has 0 fully saturated rings. The summed E-state index contributed by atoms with van der Waals surface area (Å²) in [5, 5.41) is 3.54. The van der Waals surface area contributed by atoms with Gasteiger partial charge in [0.1, 0.15) is 0 Å². The molecule has 0 aliphatic heterocycles. The molecule has 0 spiro atoms. The van der Waals surface area contributed by atoms with Crippen LogP contribution in [0.3, 0.4) is 0 Å². The Kier molecular flexibility index (Phi) is 4.61. The zero-order chi connectivity index (χ0) is 13.8. The number of benzene rings is 1. The Morgan fingerprint density at radius 3 is 2.63 bits per heavy atom. The molecule has 19 heavy (non-hydrogen) atoms. The van der Waals surface area contributed by atoms with Crippen LogP contribution in [0.1, 0.15) is 23.1 Å². The van der Waals surface area contributed by atoms with Crippen LogP contribution >= 0.6 is 24.0 Å². The highest BCUT2D eigenvalue weighted by Crippen LogP contribution is 2.22. The van der Waals surface area contributed by atoms with E-state index in [1.54, 1.807) is 0 Å². The van der Waals surface area contributed by atoms with Crippen LogP contribution in [0.15, 0.2) is 29.2 Å². The van der Waals surface area contributed by atoms with Crippen molar-refractivity contribution in [1.82, 2.24) is 4.98 Å². The highest BCUT2D eigenvalue weighted by atomic mass is 32.1. The minimum atomic E-state index is -0.0386. The molecule has 1 aromatic heterocycles. The first kappa shape index (κ1) is 14.1. The van der Waals surface area contributed by atoms with Crippen LogP contribution < -0.4 is 5.32 Å². The van der Waals surface area contributed by atoms with Gasteiger partial charge < -0.3 is 5.32 Å². The van der Waals surface area contributed by atoms with E-state index in [0.717, 1.165) is 27.5 Å². The second-order valence-corrected chi connectivity index (χ2v) is 5.99. The minimum absolute atomic E-state index is 0.0386. The summed E-state index contributed by atoms with van der Waals surface area (Å²) in [5.41, 5.74) is 2.03. The molecule has 0 unspecified atom stereocenters. The number of aromatic nitrogens is 1. The number of hydrogen-bond donors (Lipinski definition) is 2. The fourth-order valence-electron chi connectivity index (χ4n) is 1.77. The van der Waals surface area contributed by atoms with Gasteiger partial charge in [0.25, 0.3) is 0 Å². The topological polar surface area (TPSA) is 42.0 Å². The van der Waals surface area contributed by atoms with Gasteiger partial charge in [-0.3, -0.25) is 4.79 Å². The average molecular weight is 292 g/mol. The number of hydrogen-bond acceptors (Lipinski definition) is 4. The molecule has 0 aliphatic rings. The lowest BCUT2D eigenvalue weighted by Crippen LogP contribution is -2.14. The Hall–Kier alpha value is -1.33. The average Bonchev–Trinajstić information content (AvgIpc) is 2.72. The summed E-state index contributed by atoms with van der Waals surface area (Å²) >= 11 is 5.74. The monoisotopic (exact) mass is 292 g/mol. The van der Waals surface area contributed by atoms with E-state index in [4.69, 9.17) is 0 Å². The predicted octanol–water partition coefficient (Wildman–Crippen LogP) is 3.48. The largest absolute Gasteiger partial charge is 0.302 e. The second kappa shape index (κ2) is 6.21. The number of anilines is 1. The molecule has 0 bridgehead atoms. The van der Waals surface area contributed by atoms with Crippen molar-refractivity contribution in [3.63, 3.8) is 0 Å². The van der Waals surface area contributed by atoms with E-state index < -0.39 is 0 Å². The molecule has 1 N–H and O–H groups in total. The highest BCUT2D eigenvalue weighted by molar-refractivity contribution is 7.80. The molecule has 2 aromatic rings. The molecule has 1 aromatic carbocycles. The number of thiazole rings is 1. The number of carbonyl (C=O) groups is 1. The van der Waals surface area contributed by atoms with Crippen molar-refractivity contribution in [1.29, 1.82) is 0 Å². The molecular weight excluding hydrogens is 276 g/mol. The van der Waals surface area contributed by atoms with Crippen molar-refractivity contribution in [2.24, 2.45) is 0 Å². The van der Waals surface area contributed by atoms with Gasteiger partial charge in [0.05, 0.1) is 12.1 Å². The molecule has 3 nitrogen and oxygen atoms in total. The van der Waals surface area contributed by atoms with Gasteiger partial charge in [-0.15, -0.1) is 24.0 Å². The zero-order valence-corrected chi connectivity index (χ0v) is 12.6. The van der Waals surface area contributed by atoms with Crippen LogP contribution in [0.2, 0.25) is 0 Å². The summed E-state index contributed by atoms with van der Waals surface area (Å²) < 4.78 is 0. The number of carbonyl (C=O) groups excluding carboxylic acids is 1. The number of nitrogens with zero attached hydrogens (tertiary/aromatic N) is 1. The van der Waals surface area contributed by atoms with E-state index in [1.807, 2.05) is 31.2 Å². The second-order valence-electron chi connectivity index (χ2n) is 4.27. The van der Waals surface area contributed by atoms with Crippen LogP contribution in [-0.4, -0.2) is 10.9 Å². The maximum atomic E-state index is 11.9. The Balaban J connectivity index is 1.99. The highest BCUT2D eigenvalue weighted by Gasteiger charge is 2.09. The quantitative estimate of drug-likeness (QED) is 0.847. The molecule has 1 amide bonds. The summed E-state index contributed by atoms with van der Waals surface area (Å²) in [5.74, 6) is -0.0386. The van der Waals surface area contributed by atoms with Gasteiger partial charge in [0, 0.05) is 9.77 Å². The Bertz CT molecular complexity index is 576. The maximum absolute atomic E-state index is 11.9. The smallest absolute Gasteiger partial charge is 0.230 e. The number of rotatable bonds is 4. The minimum Gasteiger partial charge on any atom is -0.302 e. The first-order valence-electron chi connectivity index (χ1n) is 6.12. The molecule has 1 heterocycles. The summed E-state index contributed by atoms with van der Waals surface area (Å²) in [6, 6.07) is 7.59. The third-order valence-electron chi connectivity index (χ3n) is 2.77. The van der Waals surface area contributed by atoms with E-state index in [-0.39, 0.29) is 5.91 Å². The van der Waals surface area contributed by atoms with Crippen LogP contribution in [0.4, 0.5) is 5.13 Å². The number of aryl methyl sites for hydroxylation is 2. The van der Waals surface area contributed by atoms with E-state index in [0.29, 0.717) is 11.6 Å². The van der Waals surface area contributed by atoms with Crippen LogP contribution in [-0.2, 0) is 17.6 Å². The van der Waals surface area contributed by atoms with Gasteiger partial charge in [-0.25, -0.2) is 4.98 Å². The van der Waals surface area contributed by atoms with Crippen LogP contribution in [0.5, 0.6) is 0 Å². The molecular formula is C14H16N2OS2. The summed E-state index contributed by atoms with van der Waals surface area (Å²) in [6.07, 6.45) is 1.25. The van der Waals surface area contributed by atoms with Crippen molar-refractivity contribution in [2.45, 2.75) is 31.6 Å². The predicted molar refractivity (Wildman–Crippen MR) is 82.3 cm³/mol. The normalized spacial score (nSPS) is 10.5. The van der Waals surface area contributed by atoms with E-state index in [1.165, 1.54) is 11.3 Å². The molecule has 0 atom stereocenters. The van der Waals surface area contributed by atoms with Crippen LogP contribution in [0.25, 0.3) is 0 Å². The van der Waals surface area contributed by atoms with Crippen LogP contribution in [0, 0.1) is 6.92 Å². The van der Waals surface area contributed by atoms with Gasteiger partial charge in [-0.2, -0.15) is 0 Å². The van der Waals surface area contributed by atoms with Gasteiger partial charge in [-0.1, -0.05) is 19.1 Å². The fraction of sp³-hybridized carbons (Fsp3) is 0.286. The van der Waals surface area contributed by atoms with Crippen molar-refractivity contribution >= 4 is 35.0 Å². The lowest BCUT2D eigenvalue weighted by atomic mass is 10.1. The van der Waals surface area contributed by atoms with Gasteiger partial charge in [0.2, 0.25) is 5.91 Å². The Labute approximate surface area is 122 Å². The third-order valence-corrected chi connectivity index (χ3v) is 4.00. The summed E-state index contributed by atoms with van der Waals surface area (Å²) in [7, 11) is 0. The van der Waals surface area contributed by atoms with Crippen molar-refractivity contribution in [2.75, 3.05) is 5.32 Å². The molecule has 0 aliphatic carbocycles. The Morgan fingerprint density at radius 2 is 2.05 bits per heavy atom. The van der Waals surface area contributed by atoms with E-state index in [2.05, 4.69) is 29.9 Å². The third kappa shape index (κ3) is 3.81. The van der Waals surface area contributed by atoms with Gasteiger partial charge in [-0.05, 0) is 31.0 Å². The van der Waals surface area contributed by atoms with E-state index >= 15 is 0 Å².